The predicted octanol–water partition coefficient (Wildman–Crippen LogP) is 5.10. The van der Waals surface area contributed by atoms with E-state index in [0.29, 0.717) is 17.0 Å². The molecule has 0 aliphatic carbocycles. The average molecular weight is 399 g/mol. The number of sulfonamides is 1. The summed E-state index contributed by atoms with van der Waals surface area (Å²) < 4.78 is 47.7. The minimum absolute atomic E-state index is 0.0887. The maximum Gasteiger partial charge on any atom is 0.264 e. The van der Waals surface area contributed by atoms with Crippen LogP contribution >= 0.6 is 0 Å². The molecule has 0 amide bonds. The summed E-state index contributed by atoms with van der Waals surface area (Å²) in [5, 5.41) is 0. The number of hydrogen-bond acceptors (Lipinski definition) is 3. The molecule has 0 aliphatic rings. The van der Waals surface area contributed by atoms with Crippen LogP contribution in [0.5, 0.6) is 5.75 Å². The minimum atomic E-state index is -4.01. The van der Waals surface area contributed by atoms with Crippen molar-refractivity contribution in [1.29, 1.82) is 0 Å². The van der Waals surface area contributed by atoms with E-state index in [1.54, 1.807) is 57.4 Å². The number of nitrogens with zero attached hydrogens (tertiary/aromatic N) is 1. The highest BCUT2D eigenvalue weighted by atomic mass is 32.2. The van der Waals surface area contributed by atoms with E-state index >= 15 is 0 Å². The van der Waals surface area contributed by atoms with E-state index in [2.05, 4.69) is 0 Å². The standard InChI is InChI=1S/C22H22FNO3S/c1-16-12-13-21(15-22(16)23)28(25,26)24(19-9-5-4-6-10-19)17(2)18-8-7-11-20(14-18)27-3/h4-15,17H,1-3H3. The topological polar surface area (TPSA) is 46.6 Å². The summed E-state index contributed by atoms with van der Waals surface area (Å²) in [6.45, 7) is 3.39. The van der Waals surface area contributed by atoms with Crippen LogP contribution in [0.15, 0.2) is 77.7 Å². The van der Waals surface area contributed by atoms with Crippen LogP contribution < -0.4 is 9.04 Å². The first-order chi connectivity index (χ1) is 13.3. The first kappa shape index (κ1) is 19.9. The summed E-state index contributed by atoms with van der Waals surface area (Å²) in [5.41, 5.74) is 1.66. The zero-order chi connectivity index (χ0) is 20.3. The lowest BCUT2D eigenvalue weighted by Crippen LogP contribution is -2.33. The molecule has 28 heavy (non-hydrogen) atoms. The Kier molecular flexibility index (Phi) is 5.70. The number of rotatable bonds is 6. The molecule has 0 spiro atoms. The molecule has 0 saturated heterocycles. The van der Waals surface area contributed by atoms with Gasteiger partial charge in [-0.3, -0.25) is 4.31 Å². The van der Waals surface area contributed by atoms with Gasteiger partial charge < -0.3 is 4.74 Å². The summed E-state index contributed by atoms with van der Waals surface area (Å²) in [6.07, 6.45) is 0. The molecule has 0 bridgehead atoms. The maximum absolute atomic E-state index is 14.1. The molecule has 1 atom stereocenters. The van der Waals surface area contributed by atoms with Crippen LogP contribution in [0.4, 0.5) is 10.1 Å². The first-order valence-electron chi connectivity index (χ1n) is 8.84. The molecule has 0 aromatic heterocycles. The van der Waals surface area contributed by atoms with Crippen LogP contribution in [0.2, 0.25) is 0 Å². The van der Waals surface area contributed by atoms with Crippen LogP contribution in [0.3, 0.4) is 0 Å². The van der Waals surface area contributed by atoms with Crippen LogP contribution in [0, 0.1) is 12.7 Å². The molecule has 0 heterocycles. The molecule has 6 heteroatoms. The minimum Gasteiger partial charge on any atom is -0.497 e. The van der Waals surface area contributed by atoms with E-state index in [4.69, 9.17) is 4.74 Å². The van der Waals surface area contributed by atoms with Crippen molar-refractivity contribution in [1.82, 2.24) is 0 Å². The zero-order valence-corrected chi connectivity index (χ0v) is 16.8. The van der Waals surface area contributed by atoms with Gasteiger partial charge in [0.1, 0.15) is 11.6 Å². The largest absolute Gasteiger partial charge is 0.497 e. The lowest BCUT2D eigenvalue weighted by molar-refractivity contribution is 0.414. The Bertz CT molecular complexity index is 1070. The summed E-state index contributed by atoms with van der Waals surface area (Å²) >= 11 is 0. The highest BCUT2D eigenvalue weighted by molar-refractivity contribution is 7.92. The number of aryl methyl sites for hydroxylation is 1. The quantitative estimate of drug-likeness (QED) is 0.579. The van der Waals surface area contributed by atoms with Crippen LogP contribution in [0.25, 0.3) is 0 Å². The highest BCUT2D eigenvalue weighted by Gasteiger charge is 2.31. The number of para-hydroxylation sites is 1. The zero-order valence-electron chi connectivity index (χ0n) is 16.0. The third-order valence-corrected chi connectivity index (χ3v) is 6.53. The normalized spacial score (nSPS) is 12.4. The summed E-state index contributed by atoms with van der Waals surface area (Å²) in [5.74, 6) is 0.0826. The van der Waals surface area contributed by atoms with Gasteiger partial charge in [0.15, 0.2) is 0 Å². The summed E-state index contributed by atoms with van der Waals surface area (Å²) in [6, 6.07) is 19.5. The molecular formula is C22H22FNO3S. The fraction of sp³-hybridized carbons (Fsp3) is 0.182. The monoisotopic (exact) mass is 399 g/mol. The van der Waals surface area contributed by atoms with Gasteiger partial charge in [-0.15, -0.1) is 0 Å². The van der Waals surface area contributed by atoms with Crippen LogP contribution in [-0.4, -0.2) is 15.5 Å². The first-order valence-corrected chi connectivity index (χ1v) is 10.3. The molecule has 3 aromatic rings. The number of benzene rings is 3. The Hall–Kier alpha value is -2.86. The SMILES string of the molecule is COc1cccc(C(C)N(c2ccccc2)S(=O)(=O)c2ccc(C)c(F)c2)c1. The Morgan fingerprint density at radius 1 is 0.964 bits per heavy atom. The summed E-state index contributed by atoms with van der Waals surface area (Å²) in [7, 11) is -2.45. The average Bonchev–Trinajstić information content (AvgIpc) is 2.70. The number of methoxy groups -OCH3 is 1. The van der Waals surface area contributed by atoms with Gasteiger partial charge in [0.05, 0.1) is 23.7 Å². The Morgan fingerprint density at radius 2 is 1.68 bits per heavy atom. The van der Waals surface area contributed by atoms with Gasteiger partial charge in [-0.1, -0.05) is 36.4 Å². The second kappa shape index (κ2) is 8.02. The molecule has 1 unspecified atom stereocenters. The van der Waals surface area contributed by atoms with Gasteiger partial charge >= 0.3 is 0 Å². The second-order valence-electron chi connectivity index (χ2n) is 6.50. The van der Waals surface area contributed by atoms with E-state index in [1.165, 1.54) is 16.4 Å². The van der Waals surface area contributed by atoms with Gasteiger partial charge in [-0.2, -0.15) is 0 Å². The van der Waals surface area contributed by atoms with Gasteiger partial charge in [0.25, 0.3) is 10.0 Å². The smallest absolute Gasteiger partial charge is 0.264 e. The van der Waals surface area contributed by atoms with Crippen molar-refractivity contribution in [3.05, 3.63) is 89.7 Å². The third kappa shape index (κ3) is 3.87. The van der Waals surface area contributed by atoms with Crippen molar-refractivity contribution in [2.24, 2.45) is 0 Å². The third-order valence-electron chi connectivity index (χ3n) is 4.64. The summed E-state index contributed by atoms with van der Waals surface area (Å²) in [4.78, 5) is -0.0887. The van der Waals surface area contributed by atoms with Crippen LogP contribution in [-0.2, 0) is 10.0 Å². The van der Waals surface area contributed by atoms with Gasteiger partial charge in [-0.05, 0) is 61.4 Å². The molecule has 0 radical (unpaired) electrons. The Morgan fingerprint density at radius 3 is 2.32 bits per heavy atom. The fourth-order valence-electron chi connectivity index (χ4n) is 3.03. The van der Waals surface area contributed by atoms with Crippen molar-refractivity contribution >= 4 is 15.7 Å². The number of ether oxygens (including phenoxy) is 1. The van der Waals surface area contributed by atoms with Crippen molar-refractivity contribution in [3.63, 3.8) is 0 Å². The molecule has 3 aromatic carbocycles. The predicted molar refractivity (Wildman–Crippen MR) is 109 cm³/mol. The van der Waals surface area contributed by atoms with E-state index in [9.17, 15) is 12.8 Å². The molecule has 0 fully saturated rings. The molecule has 4 nitrogen and oxygen atoms in total. The van der Waals surface area contributed by atoms with Crippen molar-refractivity contribution in [2.45, 2.75) is 24.8 Å². The second-order valence-corrected chi connectivity index (χ2v) is 8.31. The highest BCUT2D eigenvalue weighted by Crippen LogP contribution is 2.34. The van der Waals surface area contributed by atoms with Gasteiger partial charge in [0, 0.05) is 0 Å². The number of halogens is 1. The molecule has 0 saturated carbocycles. The van der Waals surface area contributed by atoms with Gasteiger partial charge in [0.2, 0.25) is 0 Å². The van der Waals surface area contributed by atoms with Crippen molar-refractivity contribution in [2.75, 3.05) is 11.4 Å². The Labute approximate surface area is 165 Å². The van der Waals surface area contributed by atoms with E-state index in [0.717, 1.165) is 11.6 Å². The van der Waals surface area contributed by atoms with Crippen LogP contribution in [0.1, 0.15) is 24.1 Å². The molecule has 0 N–H and O–H groups in total. The fourth-order valence-corrected chi connectivity index (χ4v) is 4.69. The maximum atomic E-state index is 14.1. The number of anilines is 1. The van der Waals surface area contributed by atoms with E-state index < -0.39 is 21.9 Å². The van der Waals surface area contributed by atoms with Crippen molar-refractivity contribution < 1.29 is 17.5 Å². The van der Waals surface area contributed by atoms with E-state index in [1.807, 2.05) is 18.2 Å². The molecular weight excluding hydrogens is 377 g/mol. The Balaban J connectivity index is 2.15. The molecule has 146 valence electrons. The van der Waals surface area contributed by atoms with Gasteiger partial charge in [-0.25, -0.2) is 12.8 Å². The lowest BCUT2D eigenvalue weighted by atomic mass is 10.1. The molecule has 0 aliphatic heterocycles. The number of hydrogen-bond donors (Lipinski definition) is 0. The lowest BCUT2D eigenvalue weighted by Gasteiger charge is -2.31. The van der Waals surface area contributed by atoms with Crippen molar-refractivity contribution in [3.8, 4) is 5.75 Å². The molecule has 3 rings (SSSR count). The van der Waals surface area contributed by atoms with E-state index in [-0.39, 0.29) is 4.90 Å².